The summed E-state index contributed by atoms with van der Waals surface area (Å²) in [5.41, 5.74) is 0.769. The average Bonchev–Trinajstić information content (AvgIpc) is 2.31. The predicted molar refractivity (Wildman–Crippen MR) is 58.5 cm³/mol. The Morgan fingerprint density at radius 1 is 1.20 bits per heavy atom. The van der Waals surface area contributed by atoms with E-state index in [2.05, 4.69) is 5.16 Å². The van der Waals surface area contributed by atoms with Gasteiger partial charge >= 0.3 is 0 Å². The average molecular weight is 205 g/mol. The third-order valence-corrected chi connectivity index (χ3v) is 2.67. The molecule has 0 aromatic heterocycles. The van der Waals surface area contributed by atoms with Crippen molar-refractivity contribution in [3.05, 3.63) is 30.3 Å². The first kappa shape index (κ1) is 10.0. The molecule has 3 heteroatoms. The highest BCUT2D eigenvalue weighted by Crippen LogP contribution is 2.21. The van der Waals surface area contributed by atoms with E-state index in [0.717, 1.165) is 37.1 Å². The minimum Gasteiger partial charge on any atom is -0.484 e. The van der Waals surface area contributed by atoms with E-state index in [0.29, 0.717) is 0 Å². The molecule has 1 aromatic carbocycles. The van der Waals surface area contributed by atoms with Crippen LogP contribution < -0.4 is 4.74 Å². The highest BCUT2D eigenvalue weighted by molar-refractivity contribution is 5.89. The largest absolute Gasteiger partial charge is 0.484 e. The summed E-state index contributed by atoms with van der Waals surface area (Å²) in [6.45, 7) is 0. The van der Waals surface area contributed by atoms with Crippen molar-refractivity contribution >= 4 is 5.71 Å². The number of rotatable bonds is 2. The van der Waals surface area contributed by atoms with Gasteiger partial charge in [0.25, 0.3) is 0 Å². The monoisotopic (exact) mass is 205 g/mol. The van der Waals surface area contributed by atoms with Gasteiger partial charge in [-0.3, -0.25) is 0 Å². The minimum absolute atomic E-state index is 0.0499. The van der Waals surface area contributed by atoms with Gasteiger partial charge < -0.3 is 9.94 Å². The number of ether oxygens (including phenoxy) is 1. The van der Waals surface area contributed by atoms with E-state index < -0.39 is 0 Å². The first-order valence-corrected chi connectivity index (χ1v) is 5.32. The fraction of sp³-hybridized carbons (Fsp3) is 0.417. The molecule has 1 aliphatic carbocycles. The molecule has 0 spiro atoms. The van der Waals surface area contributed by atoms with Crippen LogP contribution in [0, 0.1) is 0 Å². The maximum Gasteiger partial charge on any atom is 0.140 e. The van der Waals surface area contributed by atoms with Gasteiger partial charge in [-0.1, -0.05) is 23.4 Å². The van der Waals surface area contributed by atoms with Crippen molar-refractivity contribution in [2.75, 3.05) is 0 Å². The standard InChI is InChI=1S/C12H15NO2/c14-13-11-8-4-5-9-12(11)15-10-6-2-1-3-7-10/h1-3,6-7,12,14H,4-5,8-9H2/b13-11+. The second-order valence-corrected chi connectivity index (χ2v) is 3.76. The fourth-order valence-electron chi connectivity index (χ4n) is 1.87. The molecular weight excluding hydrogens is 190 g/mol. The van der Waals surface area contributed by atoms with E-state index >= 15 is 0 Å². The molecule has 1 aliphatic rings. The molecule has 15 heavy (non-hydrogen) atoms. The van der Waals surface area contributed by atoms with Crippen molar-refractivity contribution in [3.63, 3.8) is 0 Å². The zero-order valence-electron chi connectivity index (χ0n) is 8.60. The minimum atomic E-state index is -0.0499. The lowest BCUT2D eigenvalue weighted by molar-refractivity contribution is 0.226. The molecule has 0 saturated heterocycles. The Kier molecular flexibility index (Phi) is 3.22. The Hall–Kier alpha value is -1.51. The number of oxime groups is 1. The van der Waals surface area contributed by atoms with Crippen molar-refractivity contribution in [2.24, 2.45) is 5.16 Å². The number of benzene rings is 1. The van der Waals surface area contributed by atoms with Gasteiger partial charge in [0.15, 0.2) is 0 Å². The van der Waals surface area contributed by atoms with Crippen LogP contribution in [-0.2, 0) is 0 Å². The number of hydrogen-bond donors (Lipinski definition) is 1. The van der Waals surface area contributed by atoms with Gasteiger partial charge in [-0.05, 0) is 37.8 Å². The number of para-hydroxylation sites is 1. The summed E-state index contributed by atoms with van der Waals surface area (Å²) < 4.78 is 5.77. The van der Waals surface area contributed by atoms with Gasteiger partial charge in [-0.15, -0.1) is 0 Å². The zero-order chi connectivity index (χ0) is 10.5. The maximum atomic E-state index is 8.85. The zero-order valence-corrected chi connectivity index (χ0v) is 8.60. The van der Waals surface area contributed by atoms with E-state index in [9.17, 15) is 0 Å². The molecule has 1 aromatic rings. The van der Waals surface area contributed by atoms with E-state index in [1.165, 1.54) is 0 Å². The lowest BCUT2D eigenvalue weighted by Crippen LogP contribution is -2.30. The Labute approximate surface area is 89.4 Å². The van der Waals surface area contributed by atoms with Crippen molar-refractivity contribution in [3.8, 4) is 5.75 Å². The molecule has 1 N–H and O–H groups in total. The van der Waals surface area contributed by atoms with E-state index in [-0.39, 0.29) is 6.10 Å². The smallest absolute Gasteiger partial charge is 0.140 e. The van der Waals surface area contributed by atoms with Crippen LogP contribution in [0.25, 0.3) is 0 Å². The molecule has 0 aliphatic heterocycles. The molecule has 1 saturated carbocycles. The summed E-state index contributed by atoms with van der Waals surface area (Å²) in [6.07, 6.45) is 3.96. The molecule has 0 radical (unpaired) electrons. The van der Waals surface area contributed by atoms with Crippen molar-refractivity contribution in [1.29, 1.82) is 0 Å². The third-order valence-electron chi connectivity index (χ3n) is 2.67. The van der Waals surface area contributed by atoms with Crippen LogP contribution in [0.4, 0.5) is 0 Å². The Morgan fingerprint density at radius 2 is 2.00 bits per heavy atom. The van der Waals surface area contributed by atoms with Gasteiger partial charge in [-0.25, -0.2) is 0 Å². The van der Waals surface area contributed by atoms with E-state index in [1.807, 2.05) is 30.3 Å². The second kappa shape index (κ2) is 4.82. The Morgan fingerprint density at radius 3 is 2.73 bits per heavy atom. The van der Waals surface area contributed by atoms with Gasteiger partial charge in [0, 0.05) is 0 Å². The summed E-state index contributed by atoms with van der Waals surface area (Å²) in [4.78, 5) is 0. The molecule has 80 valence electrons. The first-order valence-electron chi connectivity index (χ1n) is 5.32. The molecule has 1 unspecified atom stereocenters. The number of hydrogen-bond acceptors (Lipinski definition) is 3. The Bertz CT molecular complexity index is 335. The van der Waals surface area contributed by atoms with Crippen LogP contribution >= 0.6 is 0 Å². The fourth-order valence-corrected chi connectivity index (χ4v) is 1.87. The molecule has 0 bridgehead atoms. The van der Waals surface area contributed by atoms with Crippen LogP contribution in [0.15, 0.2) is 35.5 Å². The highest BCUT2D eigenvalue weighted by atomic mass is 16.5. The molecule has 2 rings (SSSR count). The van der Waals surface area contributed by atoms with Crippen LogP contribution in [0.2, 0.25) is 0 Å². The maximum absolute atomic E-state index is 8.85. The van der Waals surface area contributed by atoms with Gasteiger partial charge in [0.05, 0.1) is 5.71 Å². The van der Waals surface area contributed by atoms with Crippen LogP contribution in [0.1, 0.15) is 25.7 Å². The summed E-state index contributed by atoms with van der Waals surface area (Å²) in [5.74, 6) is 0.838. The van der Waals surface area contributed by atoms with Gasteiger partial charge in [-0.2, -0.15) is 0 Å². The molecule has 3 nitrogen and oxygen atoms in total. The van der Waals surface area contributed by atoms with Crippen molar-refractivity contribution in [2.45, 2.75) is 31.8 Å². The van der Waals surface area contributed by atoms with Crippen LogP contribution in [-0.4, -0.2) is 17.0 Å². The third kappa shape index (κ3) is 2.49. The lowest BCUT2D eigenvalue weighted by atomic mass is 9.95. The summed E-state index contributed by atoms with van der Waals surface area (Å²) in [5, 5.41) is 12.2. The normalized spacial score (nSPS) is 24.0. The Balaban J connectivity index is 2.04. The second-order valence-electron chi connectivity index (χ2n) is 3.76. The van der Waals surface area contributed by atoms with Crippen molar-refractivity contribution in [1.82, 2.24) is 0 Å². The molecular formula is C12H15NO2. The SMILES string of the molecule is O/N=C1\CCCCC1Oc1ccccc1. The van der Waals surface area contributed by atoms with E-state index in [4.69, 9.17) is 9.94 Å². The molecule has 1 atom stereocenters. The summed E-state index contributed by atoms with van der Waals surface area (Å²) >= 11 is 0. The van der Waals surface area contributed by atoms with E-state index in [1.54, 1.807) is 0 Å². The molecule has 0 amide bonds. The topological polar surface area (TPSA) is 41.8 Å². The first-order chi connectivity index (χ1) is 7.40. The summed E-state index contributed by atoms with van der Waals surface area (Å²) in [7, 11) is 0. The lowest BCUT2D eigenvalue weighted by Gasteiger charge is -2.23. The quantitative estimate of drug-likeness (QED) is 0.595. The van der Waals surface area contributed by atoms with Crippen LogP contribution in [0.3, 0.4) is 0 Å². The molecule has 1 fully saturated rings. The number of nitrogens with zero attached hydrogens (tertiary/aromatic N) is 1. The summed E-state index contributed by atoms with van der Waals surface area (Å²) in [6, 6.07) is 9.67. The van der Waals surface area contributed by atoms with Crippen molar-refractivity contribution < 1.29 is 9.94 Å². The molecule has 0 heterocycles. The highest BCUT2D eigenvalue weighted by Gasteiger charge is 2.22. The van der Waals surface area contributed by atoms with Crippen LogP contribution in [0.5, 0.6) is 5.75 Å². The predicted octanol–water partition coefficient (Wildman–Crippen LogP) is 2.84. The van der Waals surface area contributed by atoms with Gasteiger partial charge in [0.2, 0.25) is 0 Å². The van der Waals surface area contributed by atoms with Gasteiger partial charge in [0.1, 0.15) is 11.9 Å².